The van der Waals surface area contributed by atoms with Gasteiger partial charge in [-0.05, 0) is 52.3 Å². The number of rotatable bonds is 6. The number of hydrogen-bond acceptors (Lipinski definition) is 4. The minimum atomic E-state index is 0.138. The van der Waals surface area contributed by atoms with Gasteiger partial charge in [-0.25, -0.2) is 9.97 Å². The smallest absolute Gasteiger partial charge is 0.178 e. The predicted octanol–water partition coefficient (Wildman–Crippen LogP) is 5.56. The van der Waals surface area contributed by atoms with E-state index in [0.717, 1.165) is 46.0 Å². The Hall–Kier alpha value is -3.08. The molecule has 1 N–H and O–H groups in total. The van der Waals surface area contributed by atoms with Gasteiger partial charge in [0.05, 0.1) is 24.5 Å². The van der Waals surface area contributed by atoms with Gasteiger partial charge in [0.2, 0.25) is 0 Å². The lowest BCUT2D eigenvalue weighted by Crippen LogP contribution is -2.00. The first-order chi connectivity index (χ1) is 13.5. The molecule has 0 aromatic carbocycles. The van der Waals surface area contributed by atoms with Crippen LogP contribution in [0.5, 0.6) is 0 Å². The Labute approximate surface area is 166 Å². The van der Waals surface area contributed by atoms with Gasteiger partial charge in [0, 0.05) is 22.9 Å². The predicted molar refractivity (Wildman–Crippen MR) is 114 cm³/mol. The molecule has 0 atom stereocenters. The molecule has 0 fully saturated rings. The van der Waals surface area contributed by atoms with Gasteiger partial charge in [-0.3, -0.25) is 0 Å². The summed E-state index contributed by atoms with van der Waals surface area (Å²) < 4.78 is 11.3. The van der Waals surface area contributed by atoms with E-state index in [9.17, 15) is 0 Å². The Balaban J connectivity index is 1.99. The zero-order valence-electron chi connectivity index (χ0n) is 17.1. The zero-order chi connectivity index (χ0) is 20.1. The first-order valence-corrected chi connectivity index (χ1v) is 9.51. The third-order valence-corrected chi connectivity index (χ3v) is 4.32. The first kappa shape index (κ1) is 19.7. The third-order valence-electron chi connectivity index (χ3n) is 4.32. The van der Waals surface area contributed by atoms with Crippen LogP contribution in [0.4, 0.5) is 0 Å². The molecule has 28 heavy (non-hydrogen) atoms. The van der Waals surface area contributed by atoms with E-state index < -0.39 is 0 Å². The molecule has 0 aliphatic heterocycles. The van der Waals surface area contributed by atoms with Crippen molar-refractivity contribution in [1.29, 1.82) is 0 Å². The lowest BCUT2D eigenvalue weighted by Gasteiger charge is -2.10. The summed E-state index contributed by atoms with van der Waals surface area (Å²) >= 11 is 0. The van der Waals surface area contributed by atoms with Crippen molar-refractivity contribution in [2.75, 3.05) is 7.11 Å². The molecule has 0 unspecified atom stereocenters. The molecule has 0 saturated heterocycles. The van der Waals surface area contributed by atoms with E-state index in [2.05, 4.69) is 39.2 Å². The highest BCUT2D eigenvalue weighted by Gasteiger charge is 2.12. The molecule has 0 radical (unpaired) electrons. The molecule has 3 rings (SSSR count). The van der Waals surface area contributed by atoms with Crippen molar-refractivity contribution in [2.45, 2.75) is 40.2 Å². The lowest BCUT2D eigenvalue weighted by atomic mass is 10.1. The van der Waals surface area contributed by atoms with Crippen LogP contribution in [0.15, 0.2) is 60.2 Å². The van der Waals surface area contributed by atoms with Gasteiger partial charge in [0.25, 0.3) is 0 Å². The van der Waals surface area contributed by atoms with Crippen molar-refractivity contribution in [1.82, 2.24) is 15.0 Å². The normalized spacial score (nSPS) is 15.5. The molecule has 0 saturated carbocycles. The molecule has 2 aromatic rings. The van der Waals surface area contributed by atoms with Crippen molar-refractivity contribution >= 4 is 22.3 Å². The quantitative estimate of drug-likeness (QED) is 0.528. The molecular formula is C23H27N3O2. The molecule has 1 aliphatic rings. The summed E-state index contributed by atoms with van der Waals surface area (Å²) in [5.74, 6) is 2.45. The average Bonchev–Trinajstić information content (AvgIpc) is 2.94. The van der Waals surface area contributed by atoms with Crippen LogP contribution < -0.4 is 0 Å². The second-order valence-electron chi connectivity index (χ2n) is 6.87. The number of methoxy groups -OCH3 is 1. The van der Waals surface area contributed by atoms with Crippen LogP contribution in [0, 0.1) is 0 Å². The number of fused-ring (bicyclic) bond motifs is 1. The van der Waals surface area contributed by atoms with Crippen LogP contribution in [-0.4, -0.2) is 28.2 Å². The number of allylic oxidation sites excluding steroid dienone is 9. The summed E-state index contributed by atoms with van der Waals surface area (Å²) in [6.07, 6.45) is 15.1. The maximum absolute atomic E-state index is 5.74. The third kappa shape index (κ3) is 4.42. The number of ether oxygens (including phenoxy) is 2. The molecular weight excluding hydrogens is 350 g/mol. The minimum absolute atomic E-state index is 0.138. The fourth-order valence-corrected chi connectivity index (χ4v) is 3.13. The Bertz CT molecular complexity index is 1000. The van der Waals surface area contributed by atoms with E-state index >= 15 is 0 Å². The van der Waals surface area contributed by atoms with Crippen LogP contribution in [0.2, 0.25) is 0 Å². The number of hydrogen-bond donors (Lipinski definition) is 1. The highest BCUT2D eigenvalue weighted by molar-refractivity contribution is 5.84. The molecule has 5 nitrogen and oxygen atoms in total. The van der Waals surface area contributed by atoms with Gasteiger partial charge >= 0.3 is 0 Å². The molecule has 5 heteroatoms. The molecule has 2 aromatic heterocycles. The number of pyridine rings is 1. The van der Waals surface area contributed by atoms with E-state index in [1.807, 2.05) is 52.1 Å². The average molecular weight is 377 g/mol. The molecule has 0 amide bonds. The highest BCUT2D eigenvalue weighted by Crippen LogP contribution is 2.26. The van der Waals surface area contributed by atoms with Crippen molar-refractivity contribution < 1.29 is 9.47 Å². The number of nitrogens with one attached hydrogen (secondary N) is 1. The van der Waals surface area contributed by atoms with Gasteiger partial charge in [-0.1, -0.05) is 24.3 Å². The van der Waals surface area contributed by atoms with Crippen LogP contribution in [0.25, 0.3) is 22.3 Å². The van der Waals surface area contributed by atoms with Crippen LogP contribution in [-0.2, 0) is 9.47 Å². The summed E-state index contributed by atoms with van der Waals surface area (Å²) in [7, 11) is 1.69. The summed E-state index contributed by atoms with van der Waals surface area (Å²) in [6, 6.07) is 2.06. The maximum atomic E-state index is 5.74. The molecule has 2 heterocycles. The number of imidazole rings is 1. The van der Waals surface area contributed by atoms with Crippen molar-refractivity contribution in [3.8, 4) is 0 Å². The number of H-pyrrole nitrogens is 1. The first-order valence-electron chi connectivity index (χ1n) is 9.51. The van der Waals surface area contributed by atoms with Gasteiger partial charge in [-0.15, -0.1) is 0 Å². The number of nitrogens with zero attached hydrogens (tertiary/aromatic N) is 2. The number of aromatic nitrogens is 3. The van der Waals surface area contributed by atoms with E-state index in [1.54, 1.807) is 7.11 Å². The largest absolute Gasteiger partial charge is 0.496 e. The van der Waals surface area contributed by atoms with Crippen LogP contribution in [0.1, 0.15) is 45.5 Å². The second kappa shape index (κ2) is 8.74. The standard InChI is InChI=1S/C23H27N3O2/c1-6-17(12-16(4)28-15(2)3)22-25-20-13-18(14-24-23(20)26-22)19-10-8-7-9-11-21(19)27-5/h6,8-15H,7H2,1-5H3,(H,24,25,26)/b16-12+,17-6+. The van der Waals surface area contributed by atoms with Crippen molar-refractivity contribution in [2.24, 2.45) is 0 Å². The van der Waals surface area contributed by atoms with E-state index in [-0.39, 0.29) is 6.10 Å². The van der Waals surface area contributed by atoms with Gasteiger partial charge in [0.1, 0.15) is 11.6 Å². The Morgan fingerprint density at radius 2 is 2.04 bits per heavy atom. The van der Waals surface area contributed by atoms with E-state index in [0.29, 0.717) is 5.65 Å². The van der Waals surface area contributed by atoms with Gasteiger partial charge < -0.3 is 14.5 Å². The van der Waals surface area contributed by atoms with Crippen LogP contribution in [0.3, 0.4) is 0 Å². The molecule has 0 spiro atoms. The topological polar surface area (TPSA) is 60.0 Å². The summed E-state index contributed by atoms with van der Waals surface area (Å²) in [4.78, 5) is 12.6. The Morgan fingerprint density at radius 3 is 2.75 bits per heavy atom. The van der Waals surface area contributed by atoms with Gasteiger partial charge in [-0.2, -0.15) is 0 Å². The zero-order valence-corrected chi connectivity index (χ0v) is 17.1. The summed E-state index contributed by atoms with van der Waals surface area (Å²) in [6.45, 7) is 7.96. The lowest BCUT2D eigenvalue weighted by molar-refractivity contribution is 0.149. The fourth-order valence-electron chi connectivity index (χ4n) is 3.13. The van der Waals surface area contributed by atoms with Crippen molar-refractivity contribution in [3.63, 3.8) is 0 Å². The van der Waals surface area contributed by atoms with Crippen molar-refractivity contribution in [3.05, 3.63) is 71.6 Å². The highest BCUT2D eigenvalue weighted by atomic mass is 16.5. The summed E-state index contributed by atoms with van der Waals surface area (Å²) in [5, 5.41) is 0. The molecule has 146 valence electrons. The summed E-state index contributed by atoms with van der Waals surface area (Å²) in [5.41, 5.74) is 4.52. The fraction of sp³-hybridized carbons (Fsp3) is 0.304. The maximum Gasteiger partial charge on any atom is 0.178 e. The molecule has 1 aliphatic carbocycles. The Morgan fingerprint density at radius 1 is 1.25 bits per heavy atom. The molecule has 0 bridgehead atoms. The number of aromatic amines is 1. The van der Waals surface area contributed by atoms with E-state index in [4.69, 9.17) is 9.47 Å². The Kier molecular flexibility index (Phi) is 6.14. The van der Waals surface area contributed by atoms with Gasteiger partial charge in [0.15, 0.2) is 5.65 Å². The monoisotopic (exact) mass is 377 g/mol. The van der Waals surface area contributed by atoms with E-state index in [1.165, 1.54) is 0 Å². The second-order valence-corrected chi connectivity index (χ2v) is 6.87. The minimum Gasteiger partial charge on any atom is -0.496 e. The SMILES string of the molecule is C/C=C(\C=C(/C)OC(C)C)c1nc2ncc(C3=C(OC)C=CCC=C3)cc2[nH]1. The van der Waals surface area contributed by atoms with Crippen LogP contribution >= 0.6 is 0 Å².